The zero-order chi connectivity index (χ0) is 4.99. The summed E-state index contributed by atoms with van der Waals surface area (Å²) in [5, 5.41) is 12.6. The molecule has 0 fully saturated rings. The van der Waals surface area contributed by atoms with Crippen LogP contribution in [-0.4, -0.2) is 5.96 Å². The van der Waals surface area contributed by atoms with E-state index in [1.807, 2.05) is 0 Å². The summed E-state index contributed by atoms with van der Waals surface area (Å²) in [6.07, 6.45) is 0. The molecule has 0 unspecified atom stereocenters. The van der Waals surface area contributed by atoms with E-state index in [9.17, 15) is 0 Å². The minimum atomic E-state index is -0.252. The molecule has 0 aromatic rings. The number of guanidine groups is 1. The topological polar surface area (TPSA) is 92.5 Å². The van der Waals surface area contributed by atoms with Gasteiger partial charge >= 0.3 is 5.08 Å². The average Bonchev–Trinajstić information content (AvgIpc) is 1.35. The SMILES string of the molecule is N#[N+]N=C(N)N. The molecule has 0 aliphatic carbocycles. The summed E-state index contributed by atoms with van der Waals surface area (Å²) in [4.78, 5) is 0. The lowest BCUT2D eigenvalue weighted by atomic mass is 11.1. The average molecular weight is 86.1 g/mol. The van der Waals surface area contributed by atoms with Crippen LogP contribution < -0.4 is 11.5 Å². The third-order valence-corrected chi connectivity index (χ3v) is 0.160. The van der Waals surface area contributed by atoms with Gasteiger partial charge < -0.3 is 11.5 Å². The Hall–Kier alpha value is -1.31. The van der Waals surface area contributed by atoms with Crippen molar-refractivity contribution in [3.05, 3.63) is 5.08 Å². The molecule has 0 heterocycles. The van der Waals surface area contributed by atoms with Gasteiger partial charge in [-0.2, -0.15) is 0 Å². The smallest absolute Gasteiger partial charge is 0.342 e. The van der Waals surface area contributed by atoms with E-state index in [4.69, 9.17) is 5.39 Å². The van der Waals surface area contributed by atoms with Gasteiger partial charge in [0.25, 0.3) is 11.4 Å². The maximum atomic E-state index is 7.51. The molecule has 0 aliphatic heterocycles. The first-order chi connectivity index (χ1) is 2.77. The van der Waals surface area contributed by atoms with Crippen LogP contribution in [0.3, 0.4) is 0 Å². The van der Waals surface area contributed by atoms with Gasteiger partial charge in [0.15, 0.2) is 0 Å². The summed E-state index contributed by atoms with van der Waals surface area (Å²) < 4.78 is 0. The van der Waals surface area contributed by atoms with Crippen molar-refractivity contribution in [1.29, 1.82) is 5.39 Å². The molecule has 6 heavy (non-hydrogen) atoms. The second kappa shape index (κ2) is 1.96. The Morgan fingerprint density at radius 3 is 2.17 bits per heavy atom. The normalized spacial score (nSPS) is 5.83. The van der Waals surface area contributed by atoms with Crippen molar-refractivity contribution in [2.24, 2.45) is 16.6 Å². The van der Waals surface area contributed by atoms with Crippen molar-refractivity contribution in [3.8, 4) is 0 Å². The first-order valence-electron chi connectivity index (χ1n) is 1.20. The Labute approximate surface area is 34.2 Å². The van der Waals surface area contributed by atoms with Gasteiger partial charge in [0.1, 0.15) is 0 Å². The molecule has 0 rings (SSSR count). The first kappa shape index (κ1) is 4.69. The highest BCUT2D eigenvalue weighted by molar-refractivity contribution is 5.75. The molecule has 0 aromatic heterocycles. The van der Waals surface area contributed by atoms with Crippen molar-refractivity contribution in [1.82, 2.24) is 0 Å². The van der Waals surface area contributed by atoms with Crippen LogP contribution in [-0.2, 0) is 0 Å². The molecule has 0 aromatic carbocycles. The highest BCUT2D eigenvalue weighted by atomic mass is 15.3. The fourth-order valence-electron chi connectivity index (χ4n) is 0.0516. The van der Waals surface area contributed by atoms with Gasteiger partial charge in [-0.25, -0.2) is 0 Å². The van der Waals surface area contributed by atoms with Crippen LogP contribution in [0.15, 0.2) is 5.10 Å². The third kappa shape index (κ3) is 2.69. The molecule has 0 amide bonds. The lowest BCUT2D eigenvalue weighted by Crippen LogP contribution is -2.21. The Kier molecular flexibility index (Phi) is 1.53. The Bertz CT molecular complexity index is 91.0. The highest BCUT2D eigenvalue weighted by Gasteiger charge is 1.82. The number of diazo groups is 1. The van der Waals surface area contributed by atoms with Gasteiger partial charge in [0.05, 0.1) is 0 Å². The fourth-order valence-corrected chi connectivity index (χ4v) is 0.0516. The highest BCUT2D eigenvalue weighted by Crippen LogP contribution is 1.58. The molecule has 5 nitrogen and oxygen atoms in total. The van der Waals surface area contributed by atoms with E-state index in [-0.39, 0.29) is 5.96 Å². The third-order valence-electron chi connectivity index (χ3n) is 0.160. The molecule has 0 bridgehead atoms. The molecular weight excluding hydrogens is 82.0 g/mol. The zero-order valence-corrected chi connectivity index (χ0v) is 3.00. The van der Waals surface area contributed by atoms with Crippen LogP contribution in [0.1, 0.15) is 0 Å². The summed E-state index contributed by atoms with van der Waals surface area (Å²) in [7, 11) is 0. The Balaban J connectivity index is 3.51. The van der Waals surface area contributed by atoms with Crippen molar-refractivity contribution in [2.45, 2.75) is 0 Å². The Morgan fingerprint density at radius 1 is 1.67 bits per heavy atom. The van der Waals surface area contributed by atoms with E-state index in [2.05, 4.69) is 21.7 Å². The summed E-state index contributed by atoms with van der Waals surface area (Å²) in [6.45, 7) is 0. The van der Waals surface area contributed by atoms with Crippen molar-refractivity contribution >= 4 is 5.96 Å². The molecular formula is CH4N5+. The molecule has 0 saturated carbocycles. The quantitative estimate of drug-likeness (QED) is 0.172. The zero-order valence-electron chi connectivity index (χ0n) is 3.00. The van der Waals surface area contributed by atoms with Gasteiger partial charge in [-0.15, -0.1) is 0 Å². The number of nitrogens with two attached hydrogens (primary N) is 2. The molecule has 0 radical (unpaired) electrons. The summed E-state index contributed by atoms with van der Waals surface area (Å²) in [5.41, 5.74) is 9.35. The second-order valence-corrected chi connectivity index (χ2v) is 0.614. The largest absolute Gasteiger partial charge is 0.364 e. The monoisotopic (exact) mass is 86.0 g/mol. The van der Waals surface area contributed by atoms with Gasteiger partial charge in [0.2, 0.25) is 5.10 Å². The molecule has 0 spiro atoms. The molecule has 0 saturated heterocycles. The van der Waals surface area contributed by atoms with Crippen LogP contribution in [0.25, 0.3) is 5.08 Å². The van der Waals surface area contributed by atoms with Crippen molar-refractivity contribution < 1.29 is 0 Å². The van der Waals surface area contributed by atoms with E-state index in [1.54, 1.807) is 0 Å². The van der Waals surface area contributed by atoms with E-state index >= 15 is 0 Å². The predicted molar refractivity (Wildman–Crippen MR) is 20.9 cm³/mol. The van der Waals surface area contributed by atoms with Gasteiger partial charge in [-0.3, -0.25) is 0 Å². The van der Waals surface area contributed by atoms with Crippen LogP contribution in [0.2, 0.25) is 0 Å². The fraction of sp³-hybridized carbons (Fsp3) is 0. The minimum Gasteiger partial charge on any atom is -0.364 e. The lowest BCUT2D eigenvalue weighted by Gasteiger charge is -1.65. The maximum absolute atomic E-state index is 7.51. The van der Waals surface area contributed by atoms with E-state index < -0.39 is 0 Å². The predicted octanol–water partition coefficient (Wildman–Crippen LogP) is -0.972. The van der Waals surface area contributed by atoms with E-state index in [0.29, 0.717) is 0 Å². The van der Waals surface area contributed by atoms with Gasteiger partial charge in [-0.05, 0) is 0 Å². The van der Waals surface area contributed by atoms with Crippen molar-refractivity contribution in [3.63, 3.8) is 0 Å². The van der Waals surface area contributed by atoms with E-state index in [1.165, 1.54) is 0 Å². The van der Waals surface area contributed by atoms with Crippen LogP contribution in [0.4, 0.5) is 0 Å². The summed E-state index contributed by atoms with van der Waals surface area (Å²) in [5.74, 6) is -0.252. The standard InChI is InChI=1S/CH4N5/c2-1(3)5-6-4/h(H4,2,3,5)/q+1. The lowest BCUT2D eigenvalue weighted by molar-refractivity contribution is 1.31. The Morgan fingerprint density at radius 2 is 2.17 bits per heavy atom. The molecule has 32 valence electrons. The van der Waals surface area contributed by atoms with E-state index in [0.717, 1.165) is 0 Å². The first-order valence-corrected chi connectivity index (χ1v) is 1.20. The second-order valence-electron chi connectivity index (χ2n) is 0.614. The van der Waals surface area contributed by atoms with Crippen LogP contribution >= 0.6 is 0 Å². The number of rotatable bonds is 0. The van der Waals surface area contributed by atoms with Crippen molar-refractivity contribution in [2.75, 3.05) is 0 Å². The molecule has 0 aliphatic rings. The van der Waals surface area contributed by atoms with Gasteiger partial charge in [0, 0.05) is 0 Å². The number of hydrogen-bond donors (Lipinski definition) is 2. The number of hydrogen-bond acceptors (Lipinski definition) is 2. The maximum Gasteiger partial charge on any atom is 0.342 e. The summed E-state index contributed by atoms with van der Waals surface area (Å²) >= 11 is 0. The molecule has 0 atom stereocenters. The number of nitrogens with zero attached hydrogens (tertiary/aromatic N) is 3. The minimum absolute atomic E-state index is 0.252. The summed E-state index contributed by atoms with van der Waals surface area (Å²) in [6, 6.07) is 0. The molecule has 4 N–H and O–H groups in total. The van der Waals surface area contributed by atoms with Crippen LogP contribution in [0.5, 0.6) is 0 Å². The van der Waals surface area contributed by atoms with Gasteiger partial charge in [-0.1, -0.05) is 0 Å². The van der Waals surface area contributed by atoms with Crippen LogP contribution in [0, 0.1) is 5.39 Å². The molecule has 5 heteroatoms.